The van der Waals surface area contributed by atoms with Crippen LogP contribution in [0.2, 0.25) is 0 Å². The van der Waals surface area contributed by atoms with E-state index in [1.165, 1.54) is 0 Å². The van der Waals surface area contributed by atoms with E-state index in [4.69, 9.17) is 9.84 Å². The number of aliphatic hydroxyl groups excluding tert-OH is 1. The first kappa shape index (κ1) is 12.5. The van der Waals surface area contributed by atoms with E-state index in [9.17, 15) is 0 Å². The van der Waals surface area contributed by atoms with E-state index in [1.54, 1.807) is 0 Å². The van der Waals surface area contributed by atoms with Gasteiger partial charge in [-0.15, -0.1) is 0 Å². The number of ether oxygens (including phenoxy) is 1. The molecule has 0 aromatic carbocycles. The van der Waals surface area contributed by atoms with Crippen molar-refractivity contribution >= 4 is 0 Å². The van der Waals surface area contributed by atoms with E-state index >= 15 is 0 Å². The lowest BCUT2D eigenvalue weighted by Gasteiger charge is -2.24. The average Bonchev–Trinajstić information content (AvgIpc) is 2.32. The fourth-order valence-corrected chi connectivity index (χ4v) is 1.92. The third-order valence-electron chi connectivity index (χ3n) is 3.05. The molecule has 0 bridgehead atoms. The molecule has 1 aliphatic rings. The number of hydrogen-bond acceptors (Lipinski definition) is 2. The van der Waals surface area contributed by atoms with Gasteiger partial charge < -0.3 is 9.84 Å². The molecule has 0 amide bonds. The summed E-state index contributed by atoms with van der Waals surface area (Å²) in [5.74, 6) is 0.505. The number of hydrogen-bond donors (Lipinski definition) is 1. The highest BCUT2D eigenvalue weighted by atomic mass is 16.5. The van der Waals surface area contributed by atoms with Crippen molar-refractivity contribution in [3.63, 3.8) is 0 Å². The molecule has 1 N–H and O–H groups in total. The Morgan fingerprint density at radius 3 is 2.67 bits per heavy atom. The smallest absolute Gasteiger partial charge is 0.0847 e. The van der Waals surface area contributed by atoms with Crippen LogP contribution in [0.4, 0.5) is 0 Å². The van der Waals surface area contributed by atoms with E-state index < -0.39 is 0 Å². The predicted molar refractivity (Wildman–Crippen MR) is 62.7 cm³/mol. The van der Waals surface area contributed by atoms with Gasteiger partial charge in [-0.3, -0.25) is 0 Å². The zero-order chi connectivity index (χ0) is 11.4. The molecule has 1 aliphatic heterocycles. The van der Waals surface area contributed by atoms with Crippen LogP contribution < -0.4 is 0 Å². The number of rotatable bonds is 3. The molecule has 0 unspecified atom stereocenters. The molecule has 0 spiro atoms. The van der Waals surface area contributed by atoms with Crippen molar-refractivity contribution in [2.45, 2.75) is 45.3 Å². The second-order valence-electron chi connectivity index (χ2n) is 4.59. The van der Waals surface area contributed by atoms with E-state index in [0.717, 1.165) is 24.0 Å². The van der Waals surface area contributed by atoms with Gasteiger partial charge in [-0.25, -0.2) is 0 Å². The van der Waals surface area contributed by atoms with Crippen molar-refractivity contribution in [1.29, 1.82) is 0 Å². The molecule has 1 heterocycles. The van der Waals surface area contributed by atoms with Gasteiger partial charge in [0.05, 0.1) is 12.2 Å². The standard InChI is InChI=1S/C13H22O2/c1-9(2)12-6-5-10(3)11(4)13(15-12)7-8-14/h9,12-14H,3-8H2,1-2H3/t12-,13-/m0/s1. The predicted octanol–water partition coefficient (Wildman–Crippen LogP) is 2.68. The normalized spacial score (nSPS) is 28.3. The summed E-state index contributed by atoms with van der Waals surface area (Å²) in [5.41, 5.74) is 2.05. The van der Waals surface area contributed by atoms with Crippen molar-refractivity contribution < 1.29 is 9.84 Å². The lowest BCUT2D eigenvalue weighted by Crippen LogP contribution is -2.26. The van der Waals surface area contributed by atoms with Crippen molar-refractivity contribution in [2.75, 3.05) is 6.61 Å². The molecule has 2 heteroatoms. The fraction of sp³-hybridized carbons (Fsp3) is 0.692. The first-order valence-electron chi connectivity index (χ1n) is 5.69. The maximum atomic E-state index is 8.99. The van der Waals surface area contributed by atoms with Gasteiger partial charge in [0.2, 0.25) is 0 Å². The van der Waals surface area contributed by atoms with Crippen LogP contribution >= 0.6 is 0 Å². The summed E-state index contributed by atoms with van der Waals surface area (Å²) < 4.78 is 5.98. The third-order valence-corrected chi connectivity index (χ3v) is 3.05. The molecule has 0 aromatic heterocycles. The van der Waals surface area contributed by atoms with Gasteiger partial charge in [0, 0.05) is 13.0 Å². The van der Waals surface area contributed by atoms with Gasteiger partial charge >= 0.3 is 0 Å². The minimum Gasteiger partial charge on any atom is -0.396 e. The Bertz CT molecular complexity index is 243. The van der Waals surface area contributed by atoms with Gasteiger partial charge in [-0.2, -0.15) is 0 Å². The van der Waals surface area contributed by atoms with Gasteiger partial charge in [0.1, 0.15) is 0 Å². The topological polar surface area (TPSA) is 29.5 Å². The molecule has 1 saturated heterocycles. The SMILES string of the molecule is C=C1CC[C@@H](C(C)C)O[C@@H](CCO)C1=C. The fourth-order valence-electron chi connectivity index (χ4n) is 1.92. The molecule has 1 fully saturated rings. The largest absolute Gasteiger partial charge is 0.396 e. The Labute approximate surface area is 92.6 Å². The van der Waals surface area contributed by atoms with Crippen LogP contribution in [0.25, 0.3) is 0 Å². The highest BCUT2D eigenvalue weighted by Crippen LogP contribution is 2.30. The first-order valence-corrected chi connectivity index (χ1v) is 5.69. The lowest BCUT2D eigenvalue weighted by atomic mass is 9.97. The molecule has 0 aromatic rings. The Hall–Kier alpha value is -0.600. The van der Waals surface area contributed by atoms with Crippen LogP contribution in [-0.4, -0.2) is 23.9 Å². The van der Waals surface area contributed by atoms with E-state index in [2.05, 4.69) is 27.0 Å². The van der Waals surface area contributed by atoms with Crippen LogP contribution in [0.1, 0.15) is 33.1 Å². The van der Waals surface area contributed by atoms with E-state index in [0.29, 0.717) is 12.3 Å². The molecule has 86 valence electrons. The highest BCUT2D eigenvalue weighted by molar-refractivity contribution is 5.30. The van der Waals surface area contributed by atoms with Crippen LogP contribution in [0.5, 0.6) is 0 Å². The first-order chi connectivity index (χ1) is 7.06. The minimum atomic E-state index is -0.0441. The summed E-state index contributed by atoms with van der Waals surface area (Å²) in [6.07, 6.45) is 2.82. The Kier molecular flexibility index (Phi) is 4.55. The third kappa shape index (κ3) is 3.18. The van der Waals surface area contributed by atoms with Gasteiger partial charge in [0.25, 0.3) is 0 Å². The molecule has 2 nitrogen and oxygen atoms in total. The molecule has 15 heavy (non-hydrogen) atoms. The summed E-state index contributed by atoms with van der Waals surface area (Å²) >= 11 is 0. The maximum absolute atomic E-state index is 8.99. The summed E-state index contributed by atoms with van der Waals surface area (Å²) in [4.78, 5) is 0. The monoisotopic (exact) mass is 210 g/mol. The van der Waals surface area contributed by atoms with E-state index in [1.807, 2.05) is 0 Å². The summed E-state index contributed by atoms with van der Waals surface area (Å²) in [7, 11) is 0. The summed E-state index contributed by atoms with van der Waals surface area (Å²) in [6.45, 7) is 12.5. The molecular weight excluding hydrogens is 188 g/mol. The second kappa shape index (κ2) is 5.47. The molecule has 0 saturated carbocycles. The summed E-state index contributed by atoms with van der Waals surface area (Å²) in [5, 5.41) is 8.99. The van der Waals surface area contributed by atoms with Crippen molar-refractivity contribution in [3.05, 3.63) is 24.3 Å². The maximum Gasteiger partial charge on any atom is 0.0847 e. The van der Waals surface area contributed by atoms with Crippen molar-refractivity contribution in [2.24, 2.45) is 5.92 Å². The Morgan fingerprint density at radius 2 is 2.13 bits per heavy atom. The molecule has 2 atom stereocenters. The van der Waals surface area contributed by atoms with Crippen LogP contribution in [0, 0.1) is 5.92 Å². The van der Waals surface area contributed by atoms with Crippen molar-refractivity contribution in [3.8, 4) is 0 Å². The zero-order valence-corrected chi connectivity index (χ0v) is 9.83. The van der Waals surface area contributed by atoms with Gasteiger partial charge in [-0.1, -0.05) is 27.0 Å². The molecule has 1 rings (SSSR count). The second-order valence-corrected chi connectivity index (χ2v) is 4.59. The Morgan fingerprint density at radius 1 is 1.47 bits per heavy atom. The number of aliphatic hydroxyl groups is 1. The van der Waals surface area contributed by atoms with Crippen LogP contribution in [0.3, 0.4) is 0 Å². The van der Waals surface area contributed by atoms with Gasteiger partial charge in [-0.05, 0) is 29.9 Å². The summed E-state index contributed by atoms with van der Waals surface area (Å²) in [6, 6.07) is 0. The van der Waals surface area contributed by atoms with Crippen LogP contribution in [0.15, 0.2) is 24.3 Å². The van der Waals surface area contributed by atoms with Crippen LogP contribution in [-0.2, 0) is 4.74 Å². The molecule has 0 aliphatic carbocycles. The quantitative estimate of drug-likeness (QED) is 0.776. The average molecular weight is 210 g/mol. The zero-order valence-electron chi connectivity index (χ0n) is 9.83. The van der Waals surface area contributed by atoms with Gasteiger partial charge in [0.15, 0.2) is 0 Å². The van der Waals surface area contributed by atoms with E-state index in [-0.39, 0.29) is 18.8 Å². The molecular formula is C13H22O2. The minimum absolute atomic E-state index is 0.0441. The molecule has 0 radical (unpaired) electrons. The lowest BCUT2D eigenvalue weighted by molar-refractivity contribution is -0.0239. The van der Waals surface area contributed by atoms with Crippen molar-refractivity contribution in [1.82, 2.24) is 0 Å². The highest BCUT2D eigenvalue weighted by Gasteiger charge is 2.26. The Balaban J connectivity index is 2.73.